The molecular formula is C22H26O5. The predicted octanol–water partition coefficient (Wildman–Crippen LogP) is 4.11. The molecule has 1 heterocycles. The highest BCUT2D eigenvalue weighted by Crippen LogP contribution is 2.22. The smallest absolute Gasteiger partial charge is 0.124 e. The highest BCUT2D eigenvalue weighted by Gasteiger charge is 2.31. The van der Waals surface area contributed by atoms with Gasteiger partial charge in [-0.15, -0.1) is 0 Å². The van der Waals surface area contributed by atoms with Crippen molar-refractivity contribution in [1.82, 2.24) is 0 Å². The molecule has 0 unspecified atom stereocenters. The monoisotopic (exact) mass is 370 g/mol. The number of hydrogen-bond donors (Lipinski definition) is 0. The summed E-state index contributed by atoms with van der Waals surface area (Å²) in [5, 5.41) is 0. The number of methoxy groups -OCH3 is 2. The molecule has 0 aliphatic carbocycles. The molecule has 5 nitrogen and oxygen atoms in total. The fourth-order valence-electron chi connectivity index (χ4n) is 2.91. The van der Waals surface area contributed by atoms with Gasteiger partial charge in [0.1, 0.15) is 29.8 Å². The maximum absolute atomic E-state index is 6.13. The van der Waals surface area contributed by atoms with Gasteiger partial charge in [-0.05, 0) is 48.4 Å². The lowest BCUT2D eigenvalue weighted by Crippen LogP contribution is -2.42. The number of rotatable bonds is 8. The van der Waals surface area contributed by atoms with Crippen LogP contribution in [0.5, 0.6) is 11.5 Å². The van der Waals surface area contributed by atoms with E-state index in [9.17, 15) is 0 Å². The highest BCUT2D eigenvalue weighted by molar-refractivity contribution is 5.27. The van der Waals surface area contributed by atoms with Crippen molar-refractivity contribution in [3.05, 3.63) is 72.0 Å². The van der Waals surface area contributed by atoms with Crippen LogP contribution in [0.3, 0.4) is 0 Å². The molecule has 0 fully saturated rings. The average Bonchev–Trinajstić information content (AvgIpc) is 2.72. The molecule has 3 rings (SSSR count). The molecule has 2 aromatic rings. The summed E-state index contributed by atoms with van der Waals surface area (Å²) in [6.45, 7) is 2.97. The number of hydrogen-bond acceptors (Lipinski definition) is 5. The van der Waals surface area contributed by atoms with Crippen molar-refractivity contribution < 1.29 is 23.7 Å². The van der Waals surface area contributed by atoms with Crippen LogP contribution in [-0.4, -0.2) is 32.5 Å². The van der Waals surface area contributed by atoms with E-state index in [1.54, 1.807) is 20.5 Å². The van der Waals surface area contributed by atoms with E-state index in [1.807, 2.05) is 61.5 Å². The van der Waals surface area contributed by atoms with Crippen LogP contribution in [0, 0.1) is 0 Å². The van der Waals surface area contributed by atoms with Crippen molar-refractivity contribution in [3.63, 3.8) is 0 Å². The third-order valence-electron chi connectivity index (χ3n) is 4.55. The molecule has 0 radical (unpaired) electrons. The predicted molar refractivity (Wildman–Crippen MR) is 103 cm³/mol. The van der Waals surface area contributed by atoms with E-state index >= 15 is 0 Å². The van der Waals surface area contributed by atoms with Crippen LogP contribution < -0.4 is 9.47 Å². The van der Waals surface area contributed by atoms with E-state index < -0.39 is 0 Å². The molecule has 0 N–H and O–H groups in total. The zero-order valence-corrected chi connectivity index (χ0v) is 16.0. The maximum Gasteiger partial charge on any atom is 0.124 e. The molecule has 3 atom stereocenters. The standard InChI is InChI=1S/C22H26O5/c1-16-22(27-15-18-6-10-20(24-3)11-7-18)21(12-13-25-16)26-14-17-4-8-19(23-2)9-5-17/h4-13,16,21-22H,14-15H2,1-3H3/t16-,21-,22-/m0/s1. The molecule has 1 aliphatic rings. The summed E-state index contributed by atoms with van der Waals surface area (Å²) in [5.74, 6) is 1.66. The first-order chi connectivity index (χ1) is 13.2. The fraction of sp³-hybridized carbons (Fsp3) is 0.364. The van der Waals surface area contributed by atoms with Crippen molar-refractivity contribution in [2.45, 2.75) is 38.4 Å². The van der Waals surface area contributed by atoms with E-state index in [-0.39, 0.29) is 18.3 Å². The van der Waals surface area contributed by atoms with E-state index in [0.29, 0.717) is 13.2 Å². The zero-order chi connectivity index (χ0) is 19.1. The van der Waals surface area contributed by atoms with Crippen LogP contribution in [0.25, 0.3) is 0 Å². The van der Waals surface area contributed by atoms with Gasteiger partial charge < -0.3 is 23.7 Å². The molecule has 27 heavy (non-hydrogen) atoms. The first-order valence-corrected chi connectivity index (χ1v) is 9.01. The minimum Gasteiger partial charge on any atom is -0.497 e. The van der Waals surface area contributed by atoms with Gasteiger partial charge >= 0.3 is 0 Å². The third-order valence-corrected chi connectivity index (χ3v) is 4.55. The first kappa shape index (κ1) is 19.3. The molecule has 0 saturated carbocycles. The summed E-state index contributed by atoms with van der Waals surface area (Å²) in [4.78, 5) is 0. The summed E-state index contributed by atoms with van der Waals surface area (Å²) in [5.41, 5.74) is 2.16. The topological polar surface area (TPSA) is 46.2 Å². The molecule has 0 amide bonds. The minimum atomic E-state index is -0.185. The summed E-state index contributed by atoms with van der Waals surface area (Å²) in [6.07, 6.45) is 3.15. The van der Waals surface area contributed by atoms with Gasteiger partial charge in [-0.1, -0.05) is 24.3 Å². The van der Waals surface area contributed by atoms with Crippen molar-refractivity contribution in [2.24, 2.45) is 0 Å². The van der Waals surface area contributed by atoms with E-state index in [0.717, 1.165) is 22.6 Å². The van der Waals surface area contributed by atoms with Crippen LogP contribution in [-0.2, 0) is 27.4 Å². The van der Waals surface area contributed by atoms with E-state index in [4.69, 9.17) is 23.7 Å². The molecular weight excluding hydrogens is 344 g/mol. The Bertz CT molecular complexity index is 723. The zero-order valence-electron chi connectivity index (χ0n) is 16.0. The Morgan fingerprint density at radius 3 is 1.81 bits per heavy atom. The number of ether oxygens (including phenoxy) is 5. The minimum absolute atomic E-state index is 0.0888. The molecule has 0 saturated heterocycles. The molecule has 0 spiro atoms. The Morgan fingerprint density at radius 2 is 1.30 bits per heavy atom. The van der Waals surface area contributed by atoms with Gasteiger partial charge in [0, 0.05) is 0 Å². The van der Waals surface area contributed by atoms with E-state index in [2.05, 4.69) is 0 Å². The van der Waals surface area contributed by atoms with Crippen LogP contribution in [0.2, 0.25) is 0 Å². The maximum atomic E-state index is 6.13. The van der Waals surface area contributed by atoms with Crippen LogP contribution in [0.15, 0.2) is 60.9 Å². The Balaban J connectivity index is 1.58. The average molecular weight is 370 g/mol. The highest BCUT2D eigenvalue weighted by atomic mass is 16.6. The molecule has 2 aromatic carbocycles. The first-order valence-electron chi connectivity index (χ1n) is 9.01. The van der Waals surface area contributed by atoms with E-state index in [1.165, 1.54) is 0 Å². The number of benzene rings is 2. The lowest BCUT2D eigenvalue weighted by Gasteiger charge is -2.32. The van der Waals surface area contributed by atoms with Gasteiger partial charge in [-0.2, -0.15) is 0 Å². The van der Waals surface area contributed by atoms with Crippen LogP contribution in [0.4, 0.5) is 0 Å². The quantitative estimate of drug-likeness (QED) is 0.700. The molecule has 5 heteroatoms. The van der Waals surface area contributed by atoms with Gasteiger partial charge in [0.2, 0.25) is 0 Å². The Morgan fingerprint density at radius 1 is 0.778 bits per heavy atom. The Kier molecular flexibility index (Phi) is 6.74. The SMILES string of the molecule is COc1ccc(CO[C@H]2[C@H](C)OC=C[C@@H]2OCc2ccc(OC)cc2)cc1. The molecule has 144 valence electrons. The summed E-state index contributed by atoms with van der Waals surface area (Å²) >= 11 is 0. The lowest BCUT2D eigenvalue weighted by molar-refractivity contribution is -0.125. The lowest BCUT2D eigenvalue weighted by atomic mass is 10.1. The van der Waals surface area contributed by atoms with Crippen molar-refractivity contribution in [2.75, 3.05) is 14.2 Å². The summed E-state index contributed by atoms with van der Waals surface area (Å²) in [7, 11) is 3.31. The second-order valence-corrected chi connectivity index (χ2v) is 6.42. The Labute approximate surface area is 160 Å². The van der Waals surface area contributed by atoms with Crippen molar-refractivity contribution in [3.8, 4) is 11.5 Å². The molecule has 0 aromatic heterocycles. The van der Waals surface area contributed by atoms with Crippen molar-refractivity contribution >= 4 is 0 Å². The van der Waals surface area contributed by atoms with Gasteiger partial charge in [0.05, 0.1) is 33.7 Å². The van der Waals surface area contributed by atoms with Crippen LogP contribution >= 0.6 is 0 Å². The molecule has 1 aliphatic heterocycles. The second-order valence-electron chi connectivity index (χ2n) is 6.42. The van der Waals surface area contributed by atoms with Crippen LogP contribution in [0.1, 0.15) is 18.1 Å². The fourth-order valence-corrected chi connectivity index (χ4v) is 2.91. The third kappa shape index (κ3) is 5.25. The van der Waals surface area contributed by atoms with Gasteiger partial charge in [-0.3, -0.25) is 0 Å². The summed E-state index contributed by atoms with van der Waals surface area (Å²) in [6, 6.07) is 15.7. The van der Waals surface area contributed by atoms with Gasteiger partial charge in [-0.25, -0.2) is 0 Å². The normalized spacial score (nSPS) is 21.5. The molecule has 0 bridgehead atoms. The van der Waals surface area contributed by atoms with Crippen molar-refractivity contribution in [1.29, 1.82) is 0 Å². The largest absolute Gasteiger partial charge is 0.497 e. The Hall–Kier alpha value is -2.50. The second kappa shape index (κ2) is 9.44. The van der Waals surface area contributed by atoms with Gasteiger partial charge in [0.25, 0.3) is 0 Å². The van der Waals surface area contributed by atoms with Gasteiger partial charge in [0.15, 0.2) is 0 Å². The summed E-state index contributed by atoms with van der Waals surface area (Å²) < 4.78 is 28.2.